The Morgan fingerprint density at radius 1 is 1.26 bits per heavy atom. The highest BCUT2D eigenvalue weighted by atomic mass is 35.5. The molecular weight excluding hydrogens is 388 g/mol. The molecule has 1 aromatic carbocycles. The lowest BCUT2D eigenvalue weighted by Gasteiger charge is -2.29. The molecular formula is C18H15ClF4N2O2. The minimum atomic E-state index is -5.37. The summed E-state index contributed by atoms with van der Waals surface area (Å²) in [6, 6.07) is 3.75. The number of nitrogens with zero attached hydrogens (tertiary/aromatic N) is 1. The molecule has 0 radical (unpaired) electrons. The molecule has 2 N–H and O–H groups in total. The van der Waals surface area contributed by atoms with Gasteiger partial charge in [0.2, 0.25) is 0 Å². The van der Waals surface area contributed by atoms with E-state index in [1.54, 1.807) is 12.3 Å². The van der Waals surface area contributed by atoms with Crippen molar-refractivity contribution in [3.8, 4) is 0 Å². The number of aromatic nitrogens is 1. The van der Waals surface area contributed by atoms with Crippen LogP contribution in [0.3, 0.4) is 0 Å². The van der Waals surface area contributed by atoms with E-state index in [2.05, 4.69) is 10.3 Å². The number of rotatable bonds is 5. The number of amides is 1. The van der Waals surface area contributed by atoms with Gasteiger partial charge in [-0.15, -0.1) is 0 Å². The van der Waals surface area contributed by atoms with Crippen molar-refractivity contribution in [1.82, 2.24) is 10.3 Å². The van der Waals surface area contributed by atoms with Gasteiger partial charge in [-0.1, -0.05) is 23.7 Å². The summed E-state index contributed by atoms with van der Waals surface area (Å²) >= 11 is 5.47. The maximum Gasteiger partial charge on any atom is 0.430 e. The molecule has 1 fully saturated rings. The fourth-order valence-corrected chi connectivity index (χ4v) is 2.82. The van der Waals surface area contributed by atoms with Crippen LogP contribution in [0, 0.1) is 5.82 Å². The summed E-state index contributed by atoms with van der Waals surface area (Å²) < 4.78 is 54.1. The molecule has 1 aliphatic rings. The first-order valence-electron chi connectivity index (χ1n) is 8.09. The van der Waals surface area contributed by atoms with Gasteiger partial charge in [0.05, 0.1) is 5.02 Å². The first kappa shape index (κ1) is 19.6. The van der Waals surface area contributed by atoms with Crippen molar-refractivity contribution in [1.29, 1.82) is 0 Å². The van der Waals surface area contributed by atoms with Gasteiger partial charge in [0, 0.05) is 24.5 Å². The molecule has 1 heterocycles. The van der Waals surface area contributed by atoms with E-state index in [0.717, 1.165) is 30.5 Å². The number of hydrogen-bond acceptors (Lipinski definition) is 3. The number of carbonyl (C=O) groups is 1. The normalized spacial score (nSPS) is 16.7. The summed E-state index contributed by atoms with van der Waals surface area (Å²) in [6.07, 6.45) is -0.237. The van der Waals surface area contributed by atoms with Crippen LogP contribution in [0.2, 0.25) is 5.02 Å². The van der Waals surface area contributed by atoms with E-state index in [4.69, 9.17) is 11.6 Å². The van der Waals surface area contributed by atoms with E-state index >= 15 is 0 Å². The van der Waals surface area contributed by atoms with Gasteiger partial charge in [-0.2, -0.15) is 13.2 Å². The summed E-state index contributed by atoms with van der Waals surface area (Å²) in [5.41, 5.74) is -3.42. The number of halogens is 5. The molecule has 0 unspecified atom stereocenters. The predicted octanol–water partition coefficient (Wildman–Crippen LogP) is 3.82. The molecule has 1 saturated carbocycles. The Hall–Kier alpha value is -2.19. The van der Waals surface area contributed by atoms with Gasteiger partial charge >= 0.3 is 6.18 Å². The number of alkyl halides is 3. The average Bonchev–Trinajstić information content (AvgIpc) is 3.45. The molecule has 1 aliphatic carbocycles. The highest BCUT2D eigenvalue weighted by Crippen LogP contribution is 2.41. The van der Waals surface area contributed by atoms with E-state index in [0.29, 0.717) is 17.5 Å². The van der Waals surface area contributed by atoms with E-state index in [1.165, 1.54) is 6.20 Å². The van der Waals surface area contributed by atoms with Crippen molar-refractivity contribution in [3.63, 3.8) is 0 Å². The van der Waals surface area contributed by atoms with Crippen LogP contribution in [0.15, 0.2) is 36.7 Å². The van der Waals surface area contributed by atoms with Gasteiger partial charge in [0.15, 0.2) is 0 Å². The molecule has 1 aromatic heterocycles. The molecule has 144 valence electrons. The summed E-state index contributed by atoms with van der Waals surface area (Å²) in [5.74, 6) is -2.50. The fourth-order valence-electron chi connectivity index (χ4n) is 2.70. The molecule has 4 nitrogen and oxygen atoms in total. The molecule has 1 atom stereocenters. The molecule has 0 saturated heterocycles. The Morgan fingerprint density at radius 3 is 2.56 bits per heavy atom. The average molecular weight is 403 g/mol. The maximum absolute atomic E-state index is 13.6. The van der Waals surface area contributed by atoms with Gasteiger partial charge in [0.1, 0.15) is 5.82 Å². The van der Waals surface area contributed by atoms with Crippen molar-refractivity contribution in [2.45, 2.75) is 37.1 Å². The zero-order chi connectivity index (χ0) is 19.8. The SMILES string of the molecule is O=C(NCc1cncc(C2CC2)c1)[C@@](O)(c1ccc(Cl)c(F)c1)C(F)(F)F. The van der Waals surface area contributed by atoms with Crippen LogP contribution >= 0.6 is 11.6 Å². The van der Waals surface area contributed by atoms with Crippen molar-refractivity contribution in [2.75, 3.05) is 0 Å². The van der Waals surface area contributed by atoms with Crippen LogP contribution in [0.1, 0.15) is 35.4 Å². The largest absolute Gasteiger partial charge is 0.430 e. The third-order valence-corrected chi connectivity index (χ3v) is 4.70. The molecule has 3 rings (SSSR count). The second-order valence-electron chi connectivity index (χ2n) is 6.42. The third kappa shape index (κ3) is 3.91. The minimum absolute atomic E-state index is 0.263. The Bertz CT molecular complexity index is 871. The Morgan fingerprint density at radius 2 is 1.96 bits per heavy atom. The van der Waals surface area contributed by atoms with Crippen molar-refractivity contribution in [2.24, 2.45) is 0 Å². The predicted molar refractivity (Wildman–Crippen MR) is 89.4 cm³/mol. The number of pyridine rings is 1. The quantitative estimate of drug-likeness (QED) is 0.747. The highest BCUT2D eigenvalue weighted by Gasteiger charge is 2.60. The number of carbonyl (C=O) groups excluding carboxylic acids is 1. The molecule has 0 spiro atoms. The Balaban J connectivity index is 1.83. The second-order valence-corrected chi connectivity index (χ2v) is 6.83. The van der Waals surface area contributed by atoms with Gasteiger partial charge in [-0.3, -0.25) is 9.78 Å². The minimum Gasteiger partial charge on any atom is -0.369 e. The summed E-state index contributed by atoms with van der Waals surface area (Å²) in [7, 11) is 0. The second kappa shape index (κ2) is 7.09. The lowest BCUT2D eigenvalue weighted by molar-refractivity contribution is -0.257. The fraction of sp³-hybridized carbons (Fsp3) is 0.333. The smallest absolute Gasteiger partial charge is 0.369 e. The van der Waals surface area contributed by atoms with Crippen LogP contribution in [-0.2, 0) is 16.9 Å². The van der Waals surface area contributed by atoms with Crippen molar-refractivity contribution >= 4 is 17.5 Å². The molecule has 9 heteroatoms. The maximum atomic E-state index is 13.6. The zero-order valence-electron chi connectivity index (χ0n) is 13.9. The Labute approximate surface area is 157 Å². The monoisotopic (exact) mass is 402 g/mol. The van der Waals surface area contributed by atoms with E-state index in [1.807, 2.05) is 0 Å². The van der Waals surface area contributed by atoms with Crippen LogP contribution in [-0.4, -0.2) is 22.2 Å². The number of nitrogens with one attached hydrogen (secondary N) is 1. The van der Waals surface area contributed by atoms with Gasteiger partial charge < -0.3 is 10.4 Å². The standard InChI is InChI=1S/C18H15ClF4N2O2/c19-14-4-3-13(6-15(14)20)17(27,18(21,22)23)16(26)25-8-10-5-12(9-24-7-10)11-1-2-11/h3-7,9,11,27H,1-2,8H2,(H,25,26)/t17-/m0/s1. The Kier molecular flexibility index (Phi) is 5.14. The van der Waals surface area contributed by atoms with Crippen LogP contribution in [0.5, 0.6) is 0 Å². The number of aliphatic hydroxyl groups is 1. The van der Waals surface area contributed by atoms with E-state index in [9.17, 15) is 27.5 Å². The zero-order valence-corrected chi connectivity index (χ0v) is 14.6. The number of benzene rings is 1. The van der Waals surface area contributed by atoms with E-state index in [-0.39, 0.29) is 6.54 Å². The third-order valence-electron chi connectivity index (χ3n) is 4.39. The van der Waals surface area contributed by atoms with Gasteiger partial charge in [-0.25, -0.2) is 4.39 Å². The summed E-state index contributed by atoms with van der Waals surface area (Å²) in [5, 5.41) is 11.8. The number of hydrogen-bond donors (Lipinski definition) is 2. The van der Waals surface area contributed by atoms with Crippen molar-refractivity contribution in [3.05, 3.63) is 64.2 Å². The van der Waals surface area contributed by atoms with Gasteiger partial charge in [0.25, 0.3) is 11.5 Å². The summed E-state index contributed by atoms with van der Waals surface area (Å²) in [4.78, 5) is 16.3. The molecule has 2 aromatic rings. The van der Waals surface area contributed by atoms with Crippen molar-refractivity contribution < 1.29 is 27.5 Å². The van der Waals surface area contributed by atoms with Crippen LogP contribution in [0.25, 0.3) is 0 Å². The molecule has 1 amide bonds. The first-order chi connectivity index (χ1) is 12.6. The molecule has 0 bridgehead atoms. The van der Waals surface area contributed by atoms with E-state index < -0.39 is 34.1 Å². The highest BCUT2D eigenvalue weighted by molar-refractivity contribution is 6.30. The first-order valence-corrected chi connectivity index (χ1v) is 8.47. The topological polar surface area (TPSA) is 62.2 Å². The van der Waals surface area contributed by atoms with Crippen LogP contribution in [0.4, 0.5) is 17.6 Å². The molecule has 0 aliphatic heterocycles. The van der Waals surface area contributed by atoms with Gasteiger partial charge in [-0.05, 0) is 42.0 Å². The summed E-state index contributed by atoms with van der Waals surface area (Å²) in [6.45, 7) is -0.263. The lowest BCUT2D eigenvalue weighted by Crippen LogP contribution is -2.54. The lowest BCUT2D eigenvalue weighted by atomic mass is 9.91. The van der Waals surface area contributed by atoms with Crippen LogP contribution < -0.4 is 5.32 Å². The molecule has 27 heavy (non-hydrogen) atoms.